The summed E-state index contributed by atoms with van der Waals surface area (Å²) in [6.45, 7) is 13.7. The number of nitrogens with one attached hydrogen (secondary N) is 1. The Hall–Kier alpha value is -2.01. The summed E-state index contributed by atoms with van der Waals surface area (Å²) in [5, 5.41) is 2.90. The van der Waals surface area contributed by atoms with E-state index in [4.69, 9.17) is 10.5 Å². The molecule has 0 bridgehead atoms. The summed E-state index contributed by atoms with van der Waals surface area (Å²) in [5.41, 5.74) is 7.83. The Morgan fingerprint density at radius 3 is 2.59 bits per heavy atom. The Kier molecular flexibility index (Phi) is 7.46. The third kappa shape index (κ3) is 5.77. The fourth-order valence-corrected chi connectivity index (χ4v) is 1.99. The van der Waals surface area contributed by atoms with Gasteiger partial charge in [0.1, 0.15) is 12.4 Å². The maximum Gasteiger partial charge on any atom is 0.251 e. The second-order valence-corrected chi connectivity index (χ2v) is 5.28. The standard InChI is InChI=1S/C17H27N3O2/c1-5-20(6-2)10-9-19-17(21)14-7-8-16(15(18)11-14)22-12-13(3)4/h7-8,11H,3,5-6,9-10,12,18H2,1-2,4H3,(H,19,21). The van der Waals surface area contributed by atoms with Crippen LogP contribution in [-0.2, 0) is 0 Å². The zero-order valence-corrected chi connectivity index (χ0v) is 13.8. The Bertz CT molecular complexity index is 511. The SMILES string of the molecule is C=C(C)COc1ccc(C(=O)NCCN(CC)CC)cc1N. The quantitative estimate of drug-likeness (QED) is 0.542. The maximum atomic E-state index is 12.1. The predicted molar refractivity (Wildman–Crippen MR) is 91.3 cm³/mol. The molecule has 3 N–H and O–H groups in total. The average molecular weight is 305 g/mol. The molecule has 122 valence electrons. The molecule has 1 aromatic rings. The first-order chi connectivity index (χ1) is 10.5. The topological polar surface area (TPSA) is 67.6 Å². The number of hydrogen-bond acceptors (Lipinski definition) is 4. The third-order valence-electron chi connectivity index (χ3n) is 3.35. The van der Waals surface area contributed by atoms with Gasteiger partial charge in [0.05, 0.1) is 5.69 Å². The Morgan fingerprint density at radius 2 is 2.05 bits per heavy atom. The number of anilines is 1. The van der Waals surface area contributed by atoms with Gasteiger partial charge in [-0.3, -0.25) is 4.79 Å². The summed E-state index contributed by atoms with van der Waals surface area (Å²) in [4.78, 5) is 14.3. The molecular formula is C17H27N3O2. The van der Waals surface area contributed by atoms with Crippen LogP contribution >= 0.6 is 0 Å². The van der Waals surface area contributed by atoms with Crippen LogP contribution in [0.25, 0.3) is 0 Å². The lowest BCUT2D eigenvalue weighted by atomic mass is 10.1. The van der Waals surface area contributed by atoms with E-state index in [0.717, 1.165) is 25.2 Å². The van der Waals surface area contributed by atoms with Crippen molar-refractivity contribution in [3.63, 3.8) is 0 Å². The number of benzene rings is 1. The van der Waals surface area contributed by atoms with Crippen molar-refractivity contribution in [3.8, 4) is 5.75 Å². The van der Waals surface area contributed by atoms with Crippen LogP contribution in [0.5, 0.6) is 5.75 Å². The summed E-state index contributed by atoms with van der Waals surface area (Å²) in [6, 6.07) is 5.08. The summed E-state index contributed by atoms with van der Waals surface area (Å²) in [7, 11) is 0. The predicted octanol–water partition coefficient (Wildman–Crippen LogP) is 2.30. The molecule has 5 heteroatoms. The smallest absolute Gasteiger partial charge is 0.251 e. The number of carbonyl (C=O) groups excluding carboxylic acids is 1. The van der Waals surface area contributed by atoms with Crippen LogP contribution in [0, 0.1) is 0 Å². The van der Waals surface area contributed by atoms with E-state index in [9.17, 15) is 4.79 Å². The van der Waals surface area contributed by atoms with Gasteiger partial charge in [-0.25, -0.2) is 0 Å². The summed E-state index contributed by atoms with van der Waals surface area (Å²) >= 11 is 0. The van der Waals surface area contributed by atoms with Crippen molar-refractivity contribution in [2.45, 2.75) is 20.8 Å². The normalized spacial score (nSPS) is 10.5. The lowest BCUT2D eigenvalue weighted by Gasteiger charge is -2.18. The van der Waals surface area contributed by atoms with Crippen molar-refractivity contribution < 1.29 is 9.53 Å². The van der Waals surface area contributed by atoms with Crippen LogP contribution in [0.2, 0.25) is 0 Å². The molecular weight excluding hydrogens is 278 g/mol. The zero-order valence-electron chi connectivity index (χ0n) is 13.8. The molecule has 0 aliphatic carbocycles. The largest absolute Gasteiger partial charge is 0.487 e. The zero-order chi connectivity index (χ0) is 16.5. The van der Waals surface area contributed by atoms with E-state index in [1.54, 1.807) is 18.2 Å². The minimum Gasteiger partial charge on any atom is -0.487 e. The summed E-state index contributed by atoms with van der Waals surface area (Å²) < 4.78 is 5.51. The van der Waals surface area contributed by atoms with Crippen LogP contribution in [0.4, 0.5) is 5.69 Å². The highest BCUT2D eigenvalue weighted by molar-refractivity contribution is 5.95. The Labute approximate surface area is 133 Å². The number of nitrogens with zero attached hydrogens (tertiary/aromatic N) is 1. The molecule has 0 aliphatic heterocycles. The molecule has 22 heavy (non-hydrogen) atoms. The van der Waals surface area contributed by atoms with Crippen molar-refractivity contribution in [1.29, 1.82) is 0 Å². The highest BCUT2D eigenvalue weighted by Crippen LogP contribution is 2.22. The number of rotatable bonds is 9. The number of nitrogen functional groups attached to an aromatic ring is 1. The lowest BCUT2D eigenvalue weighted by molar-refractivity contribution is 0.0949. The van der Waals surface area contributed by atoms with Crippen LogP contribution in [0.15, 0.2) is 30.4 Å². The molecule has 5 nitrogen and oxygen atoms in total. The molecule has 0 aromatic heterocycles. The average Bonchev–Trinajstić information content (AvgIpc) is 2.50. The molecule has 0 fully saturated rings. The fraction of sp³-hybridized carbons (Fsp3) is 0.471. The van der Waals surface area contributed by atoms with Crippen LogP contribution in [0.1, 0.15) is 31.1 Å². The molecule has 0 aliphatic rings. The van der Waals surface area contributed by atoms with Gasteiger partial charge in [-0.2, -0.15) is 0 Å². The van der Waals surface area contributed by atoms with E-state index < -0.39 is 0 Å². The van der Waals surface area contributed by atoms with E-state index in [0.29, 0.717) is 30.2 Å². The number of hydrogen-bond donors (Lipinski definition) is 2. The van der Waals surface area contributed by atoms with Gasteiger partial charge in [0, 0.05) is 18.7 Å². The van der Waals surface area contributed by atoms with Gasteiger partial charge >= 0.3 is 0 Å². The van der Waals surface area contributed by atoms with E-state index in [2.05, 4.69) is 30.6 Å². The fourth-order valence-electron chi connectivity index (χ4n) is 1.99. The van der Waals surface area contributed by atoms with E-state index in [1.165, 1.54) is 0 Å². The van der Waals surface area contributed by atoms with Crippen LogP contribution < -0.4 is 15.8 Å². The van der Waals surface area contributed by atoms with Gasteiger partial charge in [-0.05, 0) is 43.8 Å². The van der Waals surface area contributed by atoms with Gasteiger partial charge in [0.15, 0.2) is 0 Å². The summed E-state index contributed by atoms with van der Waals surface area (Å²) in [5.74, 6) is 0.452. The third-order valence-corrected chi connectivity index (χ3v) is 3.35. The molecule has 0 atom stereocenters. The second kappa shape index (κ2) is 9.10. The first kappa shape index (κ1) is 18.0. The number of ether oxygens (including phenoxy) is 1. The molecule has 1 amide bonds. The Balaban J connectivity index is 2.56. The summed E-state index contributed by atoms with van der Waals surface area (Å²) in [6.07, 6.45) is 0. The van der Waals surface area contributed by atoms with Crippen molar-refractivity contribution >= 4 is 11.6 Å². The van der Waals surface area contributed by atoms with Gasteiger partial charge in [0.2, 0.25) is 0 Å². The first-order valence-electron chi connectivity index (χ1n) is 7.65. The second-order valence-electron chi connectivity index (χ2n) is 5.28. The van der Waals surface area contributed by atoms with Gasteiger partial charge in [-0.15, -0.1) is 0 Å². The Morgan fingerprint density at radius 1 is 1.36 bits per heavy atom. The number of nitrogens with two attached hydrogens (primary N) is 1. The van der Waals surface area contributed by atoms with Crippen LogP contribution in [-0.4, -0.2) is 43.6 Å². The van der Waals surface area contributed by atoms with Crippen molar-refractivity contribution in [1.82, 2.24) is 10.2 Å². The van der Waals surface area contributed by atoms with Crippen molar-refractivity contribution in [3.05, 3.63) is 35.9 Å². The number of likely N-dealkylation sites (N-methyl/N-ethyl adjacent to an activating group) is 1. The van der Waals surface area contributed by atoms with E-state index in [1.807, 2.05) is 6.92 Å². The first-order valence-corrected chi connectivity index (χ1v) is 7.65. The molecule has 1 rings (SSSR count). The molecule has 0 saturated heterocycles. The van der Waals surface area contributed by atoms with Gasteiger partial charge in [-0.1, -0.05) is 20.4 Å². The lowest BCUT2D eigenvalue weighted by Crippen LogP contribution is -2.34. The molecule has 0 heterocycles. The van der Waals surface area contributed by atoms with Crippen molar-refractivity contribution in [2.75, 3.05) is 38.5 Å². The molecule has 1 aromatic carbocycles. The van der Waals surface area contributed by atoms with Crippen molar-refractivity contribution in [2.24, 2.45) is 0 Å². The monoisotopic (exact) mass is 305 g/mol. The molecule has 0 spiro atoms. The van der Waals surface area contributed by atoms with E-state index in [-0.39, 0.29) is 5.91 Å². The highest BCUT2D eigenvalue weighted by Gasteiger charge is 2.09. The number of amides is 1. The minimum atomic E-state index is -0.120. The maximum absolute atomic E-state index is 12.1. The highest BCUT2D eigenvalue weighted by atomic mass is 16.5. The molecule has 0 saturated carbocycles. The van der Waals surface area contributed by atoms with E-state index >= 15 is 0 Å². The van der Waals surface area contributed by atoms with Gasteiger partial charge in [0.25, 0.3) is 5.91 Å². The molecule has 0 radical (unpaired) electrons. The van der Waals surface area contributed by atoms with Crippen LogP contribution in [0.3, 0.4) is 0 Å². The number of carbonyl (C=O) groups is 1. The minimum absolute atomic E-state index is 0.120. The molecule has 0 unspecified atom stereocenters. The van der Waals surface area contributed by atoms with Gasteiger partial charge < -0.3 is 20.7 Å².